The first-order valence-corrected chi connectivity index (χ1v) is 8.22. The fraction of sp³-hybridized carbons (Fsp3) is 0.824. The molecule has 0 saturated heterocycles. The van der Waals surface area contributed by atoms with Crippen LogP contribution in [0.5, 0.6) is 0 Å². The molecule has 0 aliphatic heterocycles. The first-order chi connectivity index (χ1) is 9.51. The monoisotopic (exact) mass is 277 g/mol. The van der Waals surface area contributed by atoms with E-state index < -0.39 is 0 Å². The minimum absolute atomic E-state index is 0.457. The van der Waals surface area contributed by atoms with Crippen LogP contribution in [0.2, 0.25) is 0 Å². The van der Waals surface area contributed by atoms with Gasteiger partial charge in [0.05, 0.1) is 5.69 Å². The summed E-state index contributed by atoms with van der Waals surface area (Å²) in [7, 11) is 2.11. The summed E-state index contributed by atoms with van der Waals surface area (Å²) in [5, 5.41) is 8.26. The fourth-order valence-corrected chi connectivity index (χ4v) is 3.55. The van der Waals surface area contributed by atoms with Crippen LogP contribution in [0, 0.1) is 17.8 Å². The molecule has 0 amide bonds. The third-order valence-electron chi connectivity index (χ3n) is 5.00. The molecule has 114 valence electrons. The van der Waals surface area contributed by atoms with E-state index in [1.165, 1.54) is 25.0 Å². The van der Waals surface area contributed by atoms with Gasteiger partial charge in [-0.05, 0) is 70.4 Å². The molecule has 1 aromatic rings. The van der Waals surface area contributed by atoms with Crippen molar-refractivity contribution in [2.75, 3.05) is 7.05 Å². The molecule has 1 saturated carbocycles. The molecule has 0 aromatic carbocycles. The van der Waals surface area contributed by atoms with Crippen molar-refractivity contribution in [2.45, 2.75) is 65.5 Å². The SMILES string of the molecule is CNC1CCC(C(C)C)CC1Cc1ccn(C(C)C)n1. The molecule has 1 N–H and O–H groups in total. The summed E-state index contributed by atoms with van der Waals surface area (Å²) in [6.45, 7) is 9.11. The highest BCUT2D eigenvalue weighted by Crippen LogP contribution is 2.35. The summed E-state index contributed by atoms with van der Waals surface area (Å²) in [5.41, 5.74) is 1.26. The maximum atomic E-state index is 4.73. The normalized spacial score (nSPS) is 27.4. The van der Waals surface area contributed by atoms with Crippen LogP contribution in [0.25, 0.3) is 0 Å². The lowest BCUT2D eigenvalue weighted by molar-refractivity contribution is 0.172. The molecular weight excluding hydrogens is 246 g/mol. The van der Waals surface area contributed by atoms with Gasteiger partial charge in [0.15, 0.2) is 0 Å². The van der Waals surface area contributed by atoms with Gasteiger partial charge in [0.1, 0.15) is 0 Å². The van der Waals surface area contributed by atoms with E-state index in [9.17, 15) is 0 Å². The Bertz CT molecular complexity index is 408. The summed E-state index contributed by atoms with van der Waals surface area (Å²) in [5.74, 6) is 2.43. The summed E-state index contributed by atoms with van der Waals surface area (Å²) >= 11 is 0. The number of nitrogens with one attached hydrogen (secondary N) is 1. The van der Waals surface area contributed by atoms with E-state index in [1.54, 1.807) is 0 Å². The zero-order valence-electron chi connectivity index (χ0n) is 13.8. The molecule has 3 nitrogen and oxygen atoms in total. The minimum atomic E-state index is 0.457. The van der Waals surface area contributed by atoms with Gasteiger partial charge in [0.25, 0.3) is 0 Å². The average molecular weight is 277 g/mol. The molecule has 20 heavy (non-hydrogen) atoms. The van der Waals surface area contributed by atoms with Gasteiger partial charge in [0, 0.05) is 18.3 Å². The smallest absolute Gasteiger partial charge is 0.0628 e. The van der Waals surface area contributed by atoms with Crippen LogP contribution >= 0.6 is 0 Å². The van der Waals surface area contributed by atoms with Gasteiger partial charge in [-0.2, -0.15) is 5.10 Å². The Morgan fingerprint density at radius 2 is 2.05 bits per heavy atom. The summed E-state index contributed by atoms with van der Waals surface area (Å²) in [6.07, 6.45) is 7.28. The number of aromatic nitrogens is 2. The van der Waals surface area contributed by atoms with Crippen molar-refractivity contribution in [3.63, 3.8) is 0 Å². The van der Waals surface area contributed by atoms with E-state index in [4.69, 9.17) is 5.10 Å². The van der Waals surface area contributed by atoms with Crippen molar-refractivity contribution in [3.05, 3.63) is 18.0 Å². The molecule has 1 aromatic heterocycles. The highest BCUT2D eigenvalue weighted by molar-refractivity contribution is 5.03. The van der Waals surface area contributed by atoms with Gasteiger partial charge in [0.2, 0.25) is 0 Å². The zero-order chi connectivity index (χ0) is 14.7. The first-order valence-electron chi connectivity index (χ1n) is 8.22. The molecular formula is C17H31N3. The maximum absolute atomic E-state index is 4.73. The molecule has 0 radical (unpaired) electrons. The minimum Gasteiger partial charge on any atom is -0.317 e. The van der Waals surface area contributed by atoms with Crippen molar-refractivity contribution >= 4 is 0 Å². The third kappa shape index (κ3) is 3.63. The van der Waals surface area contributed by atoms with Crippen LogP contribution in [-0.4, -0.2) is 22.9 Å². The second kappa shape index (κ2) is 6.75. The standard InChI is InChI=1S/C17H31N3/c1-12(2)14-6-7-17(18-5)15(10-14)11-16-8-9-20(19-16)13(3)4/h8-9,12-15,17-18H,6-7,10-11H2,1-5H3. The van der Waals surface area contributed by atoms with Crippen molar-refractivity contribution in [3.8, 4) is 0 Å². The van der Waals surface area contributed by atoms with E-state index in [0.717, 1.165) is 24.2 Å². The zero-order valence-corrected chi connectivity index (χ0v) is 13.8. The van der Waals surface area contributed by atoms with Crippen LogP contribution in [0.4, 0.5) is 0 Å². The molecule has 1 aliphatic carbocycles. The van der Waals surface area contributed by atoms with Gasteiger partial charge in [-0.25, -0.2) is 0 Å². The predicted molar refractivity (Wildman–Crippen MR) is 84.8 cm³/mol. The Morgan fingerprint density at radius 3 is 2.60 bits per heavy atom. The third-order valence-corrected chi connectivity index (χ3v) is 5.00. The van der Waals surface area contributed by atoms with Gasteiger partial charge in [-0.3, -0.25) is 4.68 Å². The first kappa shape index (κ1) is 15.6. The number of nitrogens with zero attached hydrogens (tertiary/aromatic N) is 2. The van der Waals surface area contributed by atoms with Crippen LogP contribution in [0.1, 0.15) is 58.7 Å². The van der Waals surface area contributed by atoms with Crippen LogP contribution < -0.4 is 5.32 Å². The van der Waals surface area contributed by atoms with Crippen molar-refractivity contribution < 1.29 is 0 Å². The Hall–Kier alpha value is -0.830. The molecule has 3 atom stereocenters. The molecule has 0 bridgehead atoms. The number of rotatable bonds is 5. The quantitative estimate of drug-likeness (QED) is 0.890. The van der Waals surface area contributed by atoms with E-state index >= 15 is 0 Å². The van der Waals surface area contributed by atoms with Crippen molar-refractivity contribution in [2.24, 2.45) is 17.8 Å². The van der Waals surface area contributed by atoms with Gasteiger partial charge in [-0.15, -0.1) is 0 Å². The van der Waals surface area contributed by atoms with Crippen LogP contribution in [0.3, 0.4) is 0 Å². The van der Waals surface area contributed by atoms with E-state index in [1.807, 2.05) is 0 Å². The maximum Gasteiger partial charge on any atom is 0.0628 e. The molecule has 3 unspecified atom stereocenters. The topological polar surface area (TPSA) is 29.9 Å². The second-order valence-corrected chi connectivity index (χ2v) is 7.06. The number of hydrogen-bond donors (Lipinski definition) is 1. The van der Waals surface area contributed by atoms with E-state index in [-0.39, 0.29) is 0 Å². The molecule has 1 heterocycles. The van der Waals surface area contributed by atoms with E-state index in [2.05, 4.69) is 57.0 Å². The molecule has 1 aliphatic rings. The van der Waals surface area contributed by atoms with Crippen molar-refractivity contribution in [1.29, 1.82) is 0 Å². The Labute approximate surface area is 124 Å². The lowest BCUT2D eigenvalue weighted by atomic mass is 9.72. The van der Waals surface area contributed by atoms with Crippen molar-refractivity contribution in [1.82, 2.24) is 15.1 Å². The predicted octanol–water partition coefficient (Wildman–Crippen LogP) is 3.67. The largest absolute Gasteiger partial charge is 0.317 e. The lowest BCUT2D eigenvalue weighted by Crippen LogP contribution is -2.40. The Morgan fingerprint density at radius 1 is 1.30 bits per heavy atom. The van der Waals surface area contributed by atoms with Crippen LogP contribution in [-0.2, 0) is 6.42 Å². The van der Waals surface area contributed by atoms with Gasteiger partial charge < -0.3 is 5.32 Å². The number of hydrogen-bond acceptors (Lipinski definition) is 2. The lowest BCUT2D eigenvalue weighted by Gasteiger charge is -2.37. The molecule has 0 spiro atoms. The molecule has 3 heteroatoms. The second-order valence-electron chi connectivity index (χ2n) is 7.06. The van der Waals surface area contributed by atoms with Gasteiger partial charge >= 0.3 is 0 Å². The highest BCUT2D eigenvalue weighted by Gasteiger charge is 2.31. The summed E-state index contributed by atoms with van der Waals surface area (Å²) in [4.78, 5) is 0. The van der Waals surface area contributed by atoms with Crippen LogP contribution in [0.15, 0.2) is 12.3 Å². The molecule has 1 fully saturated rings. The Kier molecular flexibility index (Phi) is 5.25. The highest BCUT2D eigenvalue weighted by atomic mass is 15.3. The summed E-state index contributed by atoms with van der Waals surface area (Å²) < 4.78 is 2.08. The van der Waals surface area contributed by atoms with E-state index in [0.29, 0.717) is 12.1 Å². The Balaban J connectivity index is 2.03. The molecule has 2 rings (SSSR count). The van der Waals surface area contributed by atoms with Gasteiger partial charge in [-0.1, -0.05) is 13.8 Å². The average Bonchev–Trinajstić information content (AvgIpc) is 2.87. The summed E-state index contributed by atoms with van der Waals surface area (Å²) in [6, 6.07) is 3.32. The fourth-order valence-electron chi connectivity index (χ4n) is 3.55.